The lowest BCUT2D eigenvalue weighted by atomic mass is 10.1. The quantitative estimate of drug-likeness (QED) is 0.777. The maximum absolute atomic E-state index is 5.72. The zero-order valence-corrected chi connectivity index (χ0v) is 11.3. The molecule has 3 rings (SSSR count). The molecule has 98 valence electrons. The van der Waals surface area contributed by atoms with Gasteiger partial charge in [-0.3, -0.25) is 4.40 Å². The Balaban J connectivity index is 1.63. The number of imidazole rings is 1. The Morgan fingerprint density at radius 2 is 2.11 bits per heavy atom. The van der Waals surface area contributed by atoms with Crippen LogP contribution in [0.3, 0.4) is 0 Å². The molecule has 0 aliphatic rings. The molecule has 0 bridgehead atoms. The van der Waals surface area contributed by atoms with E-state index in [1.165, 1.54) is 5.56 Å². The number of hydrogen-bond donors (Lipinski definition) is 1. The van der Waals surface area contributed by atoms with Crippen molar-refractivity contribution in [1.29, 1.82) is 0 Å². The van der Waals surface area contributed by atoms with Gasteiger partial charge in [0.1, 0.15) is 12.4 Å². The highest BCUT2D eigenvalue weighted by molar-refractivity contribution is 7.15. The highest BCUT2D eigenvalue weighted by atomic mass is 32.1. The van der Waals surface area contributed by atoms with Crippen LogP contribution in [-0.2, 0) is 13.0 Å². The number of thiazole rings is 1. The van der Waals surface area contributed by atoms with Gasteiger partial charge in [0, 0.05) is 17.8 Å². The number of benzene rings is 1. The SMILES string of the molecule is NCCc1ccc(OCc2cn3ccsc3n2)cc1. The Morgan fingerprint density at radius 3 is 2.84 bits per heavy atom. The summed E-state index contributed by atoms with van der Waals surface area (Å²) in [6.07, 6.45) is 4.89. The van der Waals surface area contributed by atoms with Gasteiger partial charge in [0.25, 0.3) is 0 Å². The van der Waals surface area contributed by atoms with E-state index in [1.807, 2.05) is 46.4 Å². The molecule has 0 atom stereocenters. The van der Waals surface area contributed by atoms with Gasteiger partial charge < -0.3 is 10.5 Å². The Labute approximate surface area is 115 Å². The molecule has 4 nitrogen and oxygen atoms in total. The summed E-state index contributed by atoms with van der Waals surface area (Å²) in [4.78, 5) is 5.47. The molecule has 2 aromatic heterocycles. The maximum Gasteiger partial charge on any atom is 0.193 e. The molecule has 2 N–H and O–H groups in total. The maximum atomic E-state index is 5.72. The Kier molecular flexibility index (Phi) is 3.48. The molecule has 0 saturated carbocycles. The molecule has 2 heterocycles. The van der Waals surface area contributed by atoms with Crippen LogP contribution >= 0.6 is 11.3 Å². The summed E-state index contributed by atoms with van der Waals surface area (Å²) in [7, 11) is 0. The third-order valence-electron chi connectivity index (χ3n) is 2.89. The fourth-order valence-corrected chi connectivity index (χ4v) is 2.64. The van der Waals surface area contributed by atoms with Crippen LogP contribution in [0.15, 0.2) is 42.0 Å². The first kappa shape index (κ1) is 12.2. The van der Waals surface area contributed by atoms with Crippen molar-refractivity contribution in [1.82, 2.24) is 9.38 Å². The lowest BCUT2D eigenvalue weighted by Crippen LogP contribution is -2.02. The van der Waals surface area contributed by atoms with Crippen LogP contribution in [0.4, 0.5) is 0 Å². The topological polar surface area (TPSA) is 52.5 Å². The molecule has 5 heteroatoms. The molecular weight excluding hydrogens is 258 g/mol. The second-order valence-electron chi connectivity index (χ2n) is 4.30. The first-order valence-corrected chi connectivity index (χ1v) is 7.06. The summed E-state index contributed by atoms with van der Waals surface area (Å²) in [6.45, 7) is 1.16. The van der Waals surface area contributed by atoms with E-state index in [2.05, 4.69) is 4.98 Å². The minimum absolute atomic E-state index is 0.491. The molecule has 0 fully saturated rings. The fourth-order valence-electron chi connectivity index (χ4n) is 1.92. The minimum atomic E-state index is 0.491. The zero-order chi connectivity index (χ0) is 13.1. The molecule has 0 unspecified atom stereocenters. The predicted molar refractivity (Wildman–Crippen MR) is 76.6 cm³/mol. The number of aromatic nitrogens is 2. The van der Waals surface area contributed by atoms with E-state index in [1.54, 1.807) is 11.3 Å². The molecule has 1 aromatic carbocycles. The van der Waals surface area contributed by atoms with Crippen molar-refractivity contribution in [3.63, 3.8) is 0 Å². The van der Waals surface area contributed by atoms with E-state index in [-0.39, 0.29) is 0 Å². The van der Waals surface area contributed by atoms with Gasteiger partial charge in [-0.15, -0.1) is 11.3 Å². The van der Waals surface area contributed by atoms with E-state index in [0.29, 0.717) is 13.2 Å². The normalized spacial score (nSPS) is 11.0. The standard InChI is InChI=1S/C14H15N3OS/c15-6-5-11-1-3-13(4-2-11)18-10-12-9-17-7-8-19-14(17)16-12/h1-4,7-9H,5-6,10,15H2. The highest BCUT2D eigenvalue weighted by Crippen LogP contribution is 2.16. The van der Waals surface area contributed by atoms with Crippen LogP contribution in [0, 0.1) is 0 Å². The van der Waals surface area contributed by atoms with Crippen molar-refractivity contribution in [2.24, 2.45) is 5.73 Å². The lowest BCUT2D eigenvalue weighted by Gasteiger charge is -2.05. The summed E-state index contributed by atoms with van der Waals surface area (Å²) in [5, 5.41) is 2.02. The highest BCUT2D eigenvalue weighted by Gasteiger charge is 2.03. The molecule has 0 saturated heterocycles. The molecule has 0 radical (unpaired) electrons. The van der Waals surface area contributed by atoms with Crippen molar-refractivity contribution in [3.8, 4) is 5.75 Å². The van der Waals surface area contributed by atoms with Gasteiger partial charge in [0.05, 0.1) is 5.69 Å². The lowest BCUT2D eigenvalue weighted by molar-refractivity contribution is 0.302. The summed E-state index contributed by atoms with van der Waals surface area (Å²) in [6, 6.07) is 8.05. The van der Waals surface area contributed by atoms with Gasteiger partial charge in [-0.05, 0) is 30.7 Å². The third-order valence-corrected chi connectivity index (χ3v) is 3.66. The van der Waals surface area contributed by atoms with Gasteiger partial charge in [-0.25, -0.2) is 4.98 Å². The molecule has 0 aliphatic carbocycles. The molecule has 0 amide bonds. The monoisotopic (exact) mass is 273 g/mol. The van der Waals surface area contributed by atoms with Crippen LogP contribution in [0.1, 0.15) is 11.3 Å². The van der Waals surface area contributed by atoms with Crippen molar-refractivity contribution in [2.45, 2.75) is 13.0 Å². The van der Waals surface area contributed by atoms with Gasteiger partial charge >= 0.3 is 0 Å². The van der Waals surface area contributed by atoms with Crippen LogP contribution in [0.25, 0.3) is 4.96 Å². The van der Waals surface area contributed by atoms with Gasteiger partial charge in [-0.1, -0.05) is 12.1 Å². The Bertz CT molecular complexity index is 628. The molecule has 0 aliphatic heterocycles. The average Bonchev–Trinajstić information content (AvgIpc) is 2.99. The number of nitrogens with zero attached hydrogens (tertiary/aromatic N) is 2. The number of rotatable bonds is 5. The van der Waals surface area contributed by atoms with Crippen molar-refractivity contribution in [2.75, 3.05) is 6.54 Å². The van der Waals surface area contributed by atoms with Crippen LogP contribution in [-0.4, -0.2) is 15.9 Å². The number of fused-ring (bicyclic) bond motifs is 1. The first-order valence-electron chi connectivity index (χ1n) is 6.18. The van der Waals surface area contributed by atoms with E-state index >= 15 is 0 Å². The summed E-state index contributed by atoms with van der Waals surface area (Å²) >= 11 is 1.62. The van der Waals surface area contributed by atoms with Crippen molar-refractivity contribution >= 4 is 16.3 Å². The minimum Gasteiger partial charge on any atom is -0.487 e. The second-order valence-corrected chi connectivity index (χ2v) is 5.17. The van der Waals surface area contributed by atoms with Crippen LogP contribution in [0.2, 0.25) is 0 Å². The molecule has 19 heavy (non-hydrogen) atoms. The largest absolute Gasteiger partial charge is 0.487 e. The number of ether oxygens (including phenoxy) is 1. The van der Waals surface area contributed by atoms with Crippen LogP contribution in [0.5, 0.6) is 5.75 Å². The van der Waals surface area contributed by atoms with Gasteiger partial charge in [0.2, 0.25) is 0 Å². The molecular formula is C14H15N3OS. The second kappa shape index (κ2) is 5.42. The molecule has 3 aromatic rings. The van der Waals surface area contributed by atoms with Gasteiger partial charge in [-0.2, -0.15) is 0 Å². The fraction of sp³-hybridized carbons (Fsp3) is 0.214. The van der Waals surface area contributed by atoms with E-state index in [0.717, 1.165) is 22.8 Å². The van der Waals surface area contributed by atoms with E-state index in [4.69, 9.17) is 10.5 Å². The summed E-state index contributed by atoms with van der Waals surface area (Å²) in [5.41, 5.74) is 7.70. The van der Waals surface area contributed by atoms with E-state index < -0.39 is 0 Å². The van der Waals surface area contributed by atoms with Crippen molar-refractivity contribution in [3.05, 3.63) is 53.3 Å². The zero-order valence-electron chi connectivity index (χ0n) is 10.5. The van der Waals surface area contributed by atoms with Crippen LogP contribution < -0.4 is 10.5 Å². The van der Waals surface area contributed by atoms with Crippen molar-refractivity contribution < 1.29 is 4.74 Å². The Morgan fingerprint density at radius 1 is 1.26 bits per heavy atom. The summed E-state index contributed by atoms with van der Waals surface area (Å²) < 4.78 is 7.73. The van der Waals surface area contributed by atoms with E-state index in [9.17, 15) is 0 Å². The number of nitrogens with two attached hydrogens (primary N) is 1. The smallest absolute Gasteiger partial charge is 0.193 e. The van der Waals surface area contributed by atoms with Gasteiger partial charge in [0.15, 0.2) is 4.96 Å². The molecule has 0 spiro atoms. The third kappa shape index (κ3) is 2.77. The predicted octanol–water partition coefficient (Wildman–Crippen LogP) is 2.48. The first-order chi connectivity index (χ1) is 9.35. The number of hydrogen-bond acceptors (Lipinski definition) is 4. The summed E-state index contributed by atoms with van der Waals surface area (Å²) in [5.74, 6) is 0.858. The average molecular weight is 273 g/mol. The Hall–Kier alpha value is -1.85.